The Balaban J connectivity index is 1.44. The van der Waals surface area contributed by atoms with Crippen molar-refractivity contribution in [2.75, 3.05) is 31.6 Å². The van der Waals surface area contributed by atoms with Crippen molar-refractivity contribution in [2.24, 2.45) is 0 Å². The summed E-state index contributed by atoms with van der Waals surface area (Å²) in [4.78, 5) is 16.1. The smallest absolute Gasteiger partial charge is 0.266 e. The SMILES string of the molecule is Cc1ccsc1C(=O)Nc1cc(CN2CCOCC2)ccc1/C=C/c1n[nH]c2ccccc12. The molecule has 0 saturated carbocycles. The molecule has 1 fully saturated rings. The number of nitrogens with one attached hydrogen (secondary N) is 2. The van der Waals surface area contributed by atoms with E-state index < -0.39 is 0 Å². The van der Waals surface area contributed by atoms with Crippen LogP contribution in [0.3, 0.4) is 0 Å². The van der Waals surface area contributed by atoms with E-state index in [4.69, 9.17) is 4.74 Å². The molecule has 7 heteroatoms. The number of morpholine rings is 1. The second kappa shape index (κ2) is 9.70. The zero-order chi connectivity index (χ0) is 22.6. The molecule has 0 bridgehead atoms. The lowest BCUT2D eigenvalue weighted by Crippen LogP contribution is -2.35. The fourth-order valence-corrected chi connectivity index (χ4v) is 4.86. The van der Waals surface area contributed by atoms with E-state index in [9.17, 15) is 4.79 Å². The Morgan fingerprint density at radius 3 is 2.85 bits per heavy atom. The number of aryl methyl sites for hydroxylation is 1. The lowest BCUT2D eigenvalue weighted by Gasteiger charge is -2.26. The van der Waals surface area contributed by atoms with Gasteiger partial charge in [0.15, 0.2) is 0 Å². The van der Waals surface area contributed by atoms with Gasteiger partial charge >= 0.3 is 0 Å². The highest BCUT2D eigenvalue weighted by molar-refractivity contribution is 7.12. The summed E-state index contributed by atoms with van der Waals surface area (Å²) in [6.07, 6.45) is 4.00. The normalized spacial score (nSPS) is 14.8. The second-order valence-corrected chi connectivity index (χ2v) is 9.10. The molecule has 0 radical (unpaired) electrons. The molecule has 4 aromatic rings. The maximum atomic E-state index is 13.0. The third kappa shape index (κ3) is 4.90. The van der Waals surface area contributed by atoms with Crippen molar-refractivity contribution >= 4 is 46.0 Å². The summed E-state index contributed by atoms with van der Waals surface area (Å²) in [5.74, 6) is -0.0779. The third-order valence-corrected chi connectivity index (χ3v) is 6.88. The van der Waals surface area contributed by atoms with E-state index >= 15 is 0 Å². The van der Waals surface area contributed by atoms with E-state index in [-0.39, 0.29) is 5.91 Å². The number of thiophene rings is 1. The van der Waals surface area contributed by atoms with Crippen LogP contribution in [0.2, 0.25) is 0 Å². The van der Waals surface area contributed by atoms with Crippen LogP contribution in [0, 0.1) is 6.92 Å². The average Bonchev–Trinajstić information content (AvgIpc) is 3.45. The number of rotatable bonds is 6. The van der Waals surface area contributed by atoms with Gasteiger partial charge in [-0.1, -0.05) is 36.4 Å². The van der Waals surface area contributed by atoms with E-state index in [2.05, 4.69) is 38.6 Å². The summed E-state index contributed by atoms with van der Waals surface area (Å²) in [7, 11) is 0. The predicted octanol–water partition coefficient (Wildman–Crippen LogP) is 5.19. The minimum atomic E-state index is -0.0779. The Hall–Kier alpha value is -3.26. The Kier molecular flexibility index (Phi) is 6.35. The number of para-hydroxylation sites is 1. The first-order valence-corrected chi connectivity index (χ1v) is 11.9. The fourth-order valence-electron chi connectivity index (χ4n) is 4.04. The monoisotopic (exact) mass is 458 g/mol. The largest absolute Gasteiger partial charge is 0.379 e. The first-order valence-electron chi connectivity index (χ1n) is 11.1. The van der Waals surface area contributed by atoms with E-state index in [1.165, 1.54) is 11.3 Å². The number of aromatic amines is 1. The quantitative estimate of drug-likeness (QED) is 0.417. The van der Waals surface area contributed by atoms with E-state index in [0.29, 0.717) is 0 Å². The number of H-pyrrole nitrogens is 1. The minimum Gasteiger partial charge on any atom is -0.379 e. The molecule has 1 aliphatic heterocycles. The summed E-state index contributed by atoms with van der Waals surface area (Å²) in [6.45, 7) is 6.16. The number of hydrogen-bond acceptors (Lipinski definition) is 5. The van der Waals surface area contributed by atoms with Crippen molar-refractivity contribution in [3.05, 3.63) is 81.2 Å². The molecule has 0 unspecified atom stereocenters. The van der Waals surface area contributed by atoms with Crippen molar-refractivity contribution in [2.45, 2.75) is 13.5 Å². The molecule has 1 aliphatic rings. The number of carbonyl (C=O) groups excluding carboxylic acids is 1. The number of nitrogens with zero attached hydrogens (tertiary/aromatic N) is 2. The van der Waals surface area contributed by atoms with Crippen LogP contribution in [-0.2, 0) is 11.3 Å². The first-order chi connectivity index (χ1) is 16.2. The van der Waals surface area contributed by atoms with Crippen molar-refractivity contribution in [1.29, 1.82) is 0 Å². The molecule has 0 atom stereocenters. The molecule has 2 aromatic carbocycles. The van der Waals surface area contributed by atoms with Gasteiger partial charge in [0.25, 0.3) is 5.91 Å². The Labute approximate surface area is 196 Å². The van der Waals surface area contributed by atoms with Gasteiger partial charge in [0.2, 0.25) is 0 Å². The van der Waals surface area contributed by atoms with Crippen molar-refractivity contribution in [3.63, 3.8) is 0 Å². The molecule has 1 saturated heterocycles. The molecule has 0 spiro atoms. The van der Waals surface area contributed by atoms with E-state index in [0.717, 1.165) is 76.7 Å². The molecule has 33 heavy (non-hydrogen) atoms. The molecule has 5 rings (SSSR count). The predicted molar refractivity (Wildman–Crippen MR) is 135 cm³/mol. The maximum Gasteiger partial charge on any atom is 0.266 e. The number of benzene rings is 2. The van der Waals surface area contributed by atoms with Crippen molar-refractivity contribution < 1.29 is 9.53 Å². The number of fused-ring (bicyclic) bond motifs is 1. The molecule has 2 N–H and O–H groups in total. The van der Waals surface area contributed by atoms with Crippen LogP contribution >= 0.6 is 11.3 Å². The van der Waals surface area contributed by atoms with Crippen LogP contribution in [0.5, 0.6) is 0 Å². The molecule has 6 nitrogen and oxygen atoms in total. The lowest BCUT2D eigenvalue weighted by molar-refractivity contribution is 0.0342. The van der Waals surface area contributed by atoms with Gasteiger partial charge in [-0.2, -0.15) is 5.10 Å². The number of anilines is 1. The standard InChI is InChI=1S/C26H26N4O2S/c1-18-10-15-33-25(18)26(31)27-24-16-19(17-30-11-13-32-14-12-30)6-7-20(24)8-9-23-21-4-2-3-5-22(21)28-29-23/h2-10,15-16H,11-14,17H2,1H3,(H,27,31)(H,28,29)/b9-8+. The fraction of sp³-hybridized carbons (Fsp3) is 0.231. The highest BCUT2D eigenvalue weighted by atomic mass is 32.1. The number of ether oxygens (including phenoxy) is 1. The molecular weight excluding hydrogens is 432 g/mol. The number of hydrogen-bond donors (Lipinski definition) is 2. The summed E-state index contributed by atoms with van der Waals surface area (Å²) in [6, 6.07) is 16.3. The molecular formula is C26H26N4O2S. The Morgan fingerprint density at radius 1 is 1.18 bits per heavy atom. The van der Waals surface area contributed by atoms with Gasteiger partial charge in [-0.25, -0.2) is 0 Å². The van der Waals surface area contributed by atoms with Crippen LogP contribution in [-0.4, -0.2) is 47.3 Å². The molecule has 1 amide bonds. The summed E-state index contributed by atoms with van der Waals surface area (Å²) < 4.78 is 5.47. The lowest BCUT2D eigenvalue weighted by atomic mass is 10.1. The van der Waals surface area contributed by atoms with Gasteiger partial charge < -0.3 is 10.1 Å². The van der Waals surface area contributed by atoms with Crippen LogP contribution in [0.25, 0.3) is 23.1 Å². The Bertz CT molecular complexity index is 1300. The average molecular weight is 459 g/mol. The summed E-state index contributed by atoms with van der Waals surface area (Å²) in [5.41, 5.74) is 5.76. The van der Waals surface area contributed by atoms with Crippen LogP contribution in [0.4, 0.5) is 5.69 Å². The minimum absolute atomic E-state index is 0.0779. The third-order valence-electron chi connectivity index (χ3n) is 5.86. The first kappa shape index (κ1) is 21.6. The summed E-state index contributed by atoms with van der Waals surface area (Å²) >= 11 is 1.46. The van der Waals surface area contributed by atoms with Crippen molar-refractivity contribution in [3.8, 4) is 0 Å². The van der Waals surface area contributed by atoms with Crippen LogP contribution < -0.4 is 5.32 Å². The van der Waals surface area contributed by atoms with Crippen LogP contribution in [0.1, 0.15) is 32.1 Å². The Morgan fingerprint density at radius 2 is 2.03 bits per heavy atom. The maximum absolute atomic E-state index is 13.0. The van der Waals surface area contributed by atoms with Gasteiger partial charge in [-0.3, -0.25) is 14.8 Å². The van der Waals surface area contributed by atoms with E-state index in [1.54, 1.807) is 0 Å². The zero-order valence-electron chi connectivity index (χ0n) is 18.5. The molecule has 168 valence electrons. The molecule has 3 heterocycles. The van der Waals surface area contributed by atoms with Crippen molar-refractivity contribution in [1.82, 2.24) is 15.1 Å². The number of aromatic nitrogens is 2. The highest BCUT2D eigenvalue weighted by Crippen LogP contribution is 2.25. The number of amides is 1. The van der Waals surface area contributed by atoms with Gasteiger partial charge in [0.1, 0.15) is 0 Å². The van der Waals surface area contributed by atoms with Gasteiger partial charge in [0.05, 0.1) is 29.3 Å². The van der Waals surface area contributed by atoms with Gasteiger partial charge in [0, 0.05) is 30.7 Å². The molecule has 2 aromatic heterocycles. The topological polar surface area (TPSA) is 70.2 Å². The molecule has 0 aliphatic carbocycles. The van der Waals surface area contributed by atoms with Crippen LogP contribution in [0.15, 0.2) is 53.9 Å². The zero-order valence-corrected chi connectivity index (χ0v) is 19.3. The number of carbonyl (C=O) groups is 1. The second-order valence-electron chi connectivity index (χ2n) is 8.18. The highest BCUT2D eigenvalue weighted by Gasteiger charge is 2.15. The van der Waals surface area contributed by atoms with E-state index in [1.807, 2.05) is 54.8 Å². The van der Waals surface area contributed by atoms with Gasteiger partial charge in [-0.15, -0.1) is 11.3 Å². The summed E-state index contributed by atoms with van der Waals surface area (Å²) in [5, 5.41) is 13.7. The van der Waals surface area contributed by atoms with Gasteiger partial charge in [-0.05, 0) is 53.3 Å².